The third-order valence-electron chi connectivity index (χ3n) is 2.85. The lowest BCUT2D eigenvalue weighted by molar-refractivity contribution is 0.550. The lowest BCUT2D eigenvalue weighted by Gasteiger charge is -2.21. The first-order valence-corrected chi connectivity index (χ1v) is 5.75. The predicted octanol–water partition coefficient (Wildman–Crippen LogP) is 3.62. The van der Waals surface area contributed by atoms with Gasteiger partial charge >= 0.3 is 0 Å². The molecule has 2 rings (SSSR count). The highest BCUT2D eigenvalue weighted by molar-refractivity contribution is 6.31. The van der Waals surface area contributed by atoms with Gasteiger partial charge in [0.15, 0.2) is 0 Å². The molecule has 1 aromatic carbocycles. The van der Waals surface area contributed by atoms with E-state index in [-0.39, 0.29) is 0 Å². The molecule has 2 heteroatoms. The summed E-state index contributed by atoms with van der Waals surface area (Å²) >= 11 is 6.11. The Morgan fingerprint density at radius 1 is 1.40 bits per heavy atom. The number of rotatable bonds is 1. The van der Waals surface area contributed by atoms with Crippen LogP contribution < -0.4 is 5.32 Å². The molecule has 15 heavy (non-hydrogen) atoms. The van der Waals surface area contributed by atoms with Gasteiger partial charge in [-0.1, -0.05) is 36.7 Å². The number of aryl methyl sites for hydroxylation is 1. The lowest BCUT2D eigenvalue weighted by Crippen LogP contribution is -2.23. The van der Waals surface area contributed by atoms with Crippen LogP contribution in [0.1, 0.15) is 24.5 Å². The van der Waals surface area contributed by atoms with Crippen LogP contribution in [0.3, 0.4) is 0 Å². The smallest absolute Gasteiger partial charge is 0.0441 e. The molecule has 1 N–H and O–H groups in total. The molecule has 0 amide bonds. The Bertz CT molecular complexity index is 396. The van der Waals surface area contributed by atoms with Crippen molar-refractivity contribution in [3.8, 4) is 0 Å². The van der Waals surface area contributed by atoms with Gasteiger partial charge in [0.2, 0.25) is 0 Å². The number of benzene rings is 1. The molecule has 1 aliphatic heterocycles. The maximum atomic E-state index is 6.11. The van der Waals surface area contributed by atoms with Crippen LogP contribution in [0, 0.1) is 12.8 Å². The van der Waals surface area contributed by atoms with Crippen molar-refractivity contribution in [2.75, 3.05) is 6.54 Å². The van der Waals surface area contributed by atoms with Gasteiger partial charge in [0.25, 0.3) is 0 Å². The van der Waals surface area contributed by atoms with E-state index in [1.54, 1.807) is 0 Å². The lowest BCUT2D eigenvalue weighted by atomic mass is 10.00. The molecule has 1 heterocycles. The molecule has 1 aromatic rings. The van der Waals surface area contributed by atoms with Gasteiger partial charge in [-0.3, -0.25) is 0 Å². The third kappa shape index (κ3) is 2.35. The molecule has 0 saturated carbocycles. The third-order valence-corrected chi connectivity index (χ3v) is 3.26. The molecule has 0 radical (unpaired) electrons. The SMILES string of the molecule is Cc1ccc(C2=CCC(C)CN2)cc1Cl. The Balaban J connectivity index is 2.26. The van der Waals surface area contributed by atoms with Crippen LogP contribution >= 0.6 is 11.6 Å². The van der Waals surface area contributed by atoms with Crippen LogP contribution in [0.25, 0.3) is 5.70 Å². The molecule has 1 aliphatic rings. The molecule has 0 bridgehead atoms. The van der Waals surface area contributed by atoms with Crippen LogP contribution in [-0.4, -0.2) is 6.54 Å². The van der Waals surface area contributed by atoms with E-state index in [1.165, 1.54) is 11.3 Å². The fraction of sp³-hybridized carbons (Fsp3) is 0.385. The van der Waals surface area contributed by atoms with E-state index >= 15 is 0 Å². The van der Waals surface area contributed by atoms with Gasteiger partial charge in [-0.25, -0.2) is 0 Å². The number of halogens is 1. The summed E-state index contributed by atoms with van der Waals surface area (Å²) in [5, 5.41) is 4.28. The van der Waals surface area contributed by atoms with Gasteiger partial charge in [0.05, 0.1) is 0 Å². The van der Waals surface area contributed by atoms with E-state index in [2.05, 4.69) is 30.4 Å². The fourth-order valence-electron chi connectivity index (χ4n) is 1.74. The Morgan fingerprint density at radius 2 is 2.20 bits per heavy atom. The highest BCUT2D eigenvalue weighted by Crippen LogP contribution is 2.23. The summed E-state index contributed by atoms with van der Waals surface area (Å²) in [7, 11) is 0. The van der Waals surface area contributed by atoms with E-state index < -0.39 is 0 Å². The maximum Gasteiger partial charge on any atom is 0.0441 e. The van der Waals surface area contributed by atoms with Gasteiger partial charge in [-0.05, 0) is 36.5 Å². The highest BCUT2D eigenvalue weighted by Gasteiger charge is 2.10. The zero-order valence-electron chi connectivity index (χ0n) is 9.18. The summed E-state index contributed by atoms with van der Waals surface area (Å²) in [6.45, 7) is 5.33. The first-order valence-electron chi connectivity index (χ1n) is 5.37. The highest BCUT2D eigenvalue weighted by atomic mass is 35.5. The number of allylic oxidation sites excluding steroid dienone is 1. The molecule has 0 aromatic heterocycles. The van der Waals surface area contributed by atoms with Crippen molar-refractivity contribution in [2.24, 2.45) is 5.92 Å². The number of nitrogens with one attached hydrogen (secondary N) is 1. The topological polar surface area (TPSA) is 12.0 Å². The van der Waals surface area contributed by atoms with E-state index in [0.29, 0.717) is 0 Å². The van der Waals surface area contributed by atoms with Crippen LogP contribution in [0.5, 0.6) is 0 Å². The summed E-state index contributed by atoms with van der Waals surface area (Å²) in [5.41, 5.74) is 3.54. The van der Waals surface area contributed by atoms with Crippen molar-refractivity contribution < 1.29 is 0 Å². The average Bonchev–Trinajstić information content (AvgIpc) is 2.23. The monoisotopic (exact) mass is 221 g/mol. The Kier molecular flexibility index (Phi) is 3.01. The van der Waals surface area contributed by atoms with Crippen LogP contribution in [0.4, 0.5) is 0 Å². The van der Waals surface area contributed by atoms with E-state index in [9.17, 15) is 0 Å². The molecule has 0 aliphatic carbocycles. The zero-order chi connectivity index (χ0) is 10.8. The minimum atomic E-state index is 0.731. The molecule has 0 fully saturated rings. The van der Waals surface area contributed by atoms with E-state index in [4.69, 9.17) is 11.6 Å². The molecular weight excluding hydrogens is 206 g/mol. The first kappa shape index (κ1) is 10.6. The zero-order valence-corrected chi connectivity index (χ0v) is 9.93. The van der Waals surface area contributed by atoms with Crippen molar-refractivity contribution >= 4 is 17.3 Å². The average molecular weight is 222 g/mol. The normalized spacial score (nSPS) is 20.7. The second-order valence-corrected chi connectivity index (χ2v) is 4.71. The summed E-state index contributed by atoms with van der Waals surface area (Å²) in [6.07, 6.45) is 3.41. The van der Waals surface area contributed by atoms with Gasteiger partial charge in [0, 0.05) is 17.3 Å². The summed E-state index contributed by atoms with van der Waals surface area (Å²) in [5.74, 6) is 0.731. The van der Waals surface area contributed by atoms with E-state index in [0.717, 1.165) is 29.5 Å². The molecule has 0 saturated heterocycles. The first-order chi connectivity index (χ1) is 7.16. The van der Waals surface area contributed by atoms with Crippen LogP contribution in [-0.2, 0) is 0 Å². The van der Waals surface area contributed by atoms with Crippen LogP contribution in [0.2, 0.25) is 5.02 Å². The largest absolute Gasteiger partial charge is 0.385 e. The Hall–Kier alpha value is -0.950. The maximum absolute atomic E-state index is 6.11. The fourth-order valence-corrected chi connectivity index (χ4v) is 1.92. The van der Waals surface area contributed by atoms with Crippen molar-refractivity contribution in [3.63, 3.8) is 0 Å². The van der Waals surface area contributed by atoms with Crippen molar-refractivity contribution in [1.29, 1.82) is 0 Å². The quantitative estimate of drug-likeness (QED) is 0.764. The summed E-state index contributed by atoms with van der Waals surface area (Å²) < 4.78 is 0. The molecule has 0 spiro atoms. The molecule has 1 atom stereocenters. The van der Waals surface area contributed by atoms with Crippen molar-refractivity contribution in [2.45, 2.75) is 20.3 Å². The standard InChI is InChI=1S/C13H16ClN/c1-9-3-6-13(15-8-9)11-5-4-10(2)12(14)7-11/h4-7,9,15H,3,8H2,1-2H3. The van der Waals surface area contributed by atoms with Gasteiger partial charge in [0.1, 0.15) is 0 Å². The number of hydrogen-bond acceptors (Lipinski definition) is 1. The predicted molar refractivity (Wildman–Crippen MR) is 65.9 cm³/mol. The second kappa shape index (κ2) is 4.28. The second-order valence-electron chi connectivity index (χ2n) is 4.30. The van der Waals surface area contributed by atoms with E-state index in [1.807, 2.05) is 13.0 Å². The summed E-state index contributed by atoms with van der Waals surface area (Å²) in [4.78, 5) is 0. The van der Waals surface area contributed by atoms with Crippen molar-refractivity contribution in [1.82, 2.24) is 5.32 Å². The van der Waals surface area contributed by atoms with Crippen LogP contribution in [0.15, 0.2) is 24.3 Å². The molecule has 1 unspecified atom stereocenters. The van der Waals surface area contributed by atoms with Gasteiger partial charge < -0.3 is 5.32 Å². The molecular formula is C13H16ClN. The number of hydrogen-bond donors (Lipinski definition) is 1. The van der Waals surface area contributed by atoms with Gasteiger partial charge in [-0.15, -0.1) is 0 Å². The van der Waals surface area contributed by atoms with Gasteiger partial charge in [-0.2, -0.15) is 0 Å². The Morgan fingerprint density at radius 3 is 2.80 bits per heavy atom. The summed E-state index contributed by atoms with van der Waals surface area (Å²) in [6, 6.07) is 6.22. The van der Waals surface area contributed by atoms with Crippen molar-refractivity contribution in [3.05, 3.63) is 40.4 Å². The molecule has 80 valence electrons. The minimum Gasteiger partial charge on any atom is -0.385 e. The molecule has 1 nitrogen and oxygen atoms in total. The minimum absolute atomic E-state index is 0.731. The Labute approximate surface area is 96.1 Å².